The average Bonchev–Trinajstić information content (AvgIpc) is 2.88. The molecule has 0 amide bonds. The molecule has 0 aliphatic heterocycles. The van der Waals surface area contributed by atoms with E-state index in [2.05, 4.69) is 49.5 Å². The topological polar surface area (TPSA) is 25.2 Å². The average molecular weight is 243 g/mol. The Morgan fingerprint density at radius 2 is 2.06 bits per heavy atom. The van der Waals surface area contributed by atoms with Gasteiger partial charge in [-0.2, -0.15) is 0 Å². The molecule has 96 valence electrons. The summed E-state index contributed by atoms with van der Waals surface area (Å²) in [4.78, 5) is 0. The third-order valence-electron chi connectivity index (χ3n) is 3.33. The Morgan fingerprint density at radius 1 is 1.22 bits per heavy atom. The molecule has 1 aromatic carbocycles. The van der Waals surface area contributed by atoms with Crippen molar-refractivity contribution in [2.24, 2.45) is 0 Å². The Morgan fingerprint density at radius 3 is 2.72 bits per heavy atom. The Balaban J connectivity index is 2.16. The highest BCUT2D eigenvalue weighted by atomic mass is 16.3. The molecule has 0 fully saturated rings. The molecule has 1 N–H and O–H groups in total. The van der Waals surface area contributed by atoms with E-state index >= 15 is 0 Å². The standard InChI is InChI=1S/C16H21NO/c1-3-17-11-15(10-14-8-9-18-12-14)16-7-5-4-6-13(16)2/h4-9,12,15,17H,3,10-11H2,1-2H3. The predicted molar refractivity (Wildman–Crippen MR) is 74.9 cm³/mol. The largest absolute Gasteiger partial charge is 0.472 e. The van der Waals surface area contributed by atoms with Crippen LogP contribution in [-0.2, 0) is 6.42 Å². The summed E-state index contributed by atoms with van der Waals surface area (Å²) < 4.78 is 5.17. The zero-order valence-electron chi connectivity index (χ0n) is 11.1. The van der Waals surface area contributed by atoms with Gasteiger partial charge in [0.05, 0.1) is 12.5 Å². The first-order valence-electron chi connectivity index (χ1n) is 6.58. The first-order chi connectivity index (χ1) is 8.81. The van der Waals surface area contributed by atoms with Crippen LogP contribution in [0.25, 0.3) is 0 Å². The number of hydrogen-bond acceptors (Lipinski definition) is 2. The molecule has 0 radical (unpaired) electrons. The van der Waals surface area contributed by atoms with Gasteiger partial charge < -0.3 is 9.73 Å². The van der Waals surface area contributed by atoms with Crippen molar-refractivity contribution in [2.45, 2.75) is 26.2 Å². The molecule has 0 aliphatic rings. The van der Waals surface area contributed by atoms with Gasteiger partial charge in [0.25, 0.3) is 0 Å². The van der Waals surface area contributed by atoms with Gasteiger partial charge in [0.2, 0.25) is 0 Å². The van der Waals surface area contributed by atoms with E-state index in [0.29, 0.717) is 5.92 Å². The van der Waals surface area contributed by atoms with Crippen molar-refractivity contribution in [2.75, 3.05) is 13.1 Å². The molecular formula is C16H21NO. The van der Waals surface area contributed by atoms with Crippen molar-refractivity contribution in [1.29, 1.82) is 0 Å². The molecular weight excluding hydrogens is 222 g/mol. The van der Waals surface area contributed by atoms with Crippen LogP contribution in [-0.4, -0.2) is 13.1 Å². The summed E-state index contributed by atoms with van der Waals surface area (Å²) in [5.41, 5.74) is 4.06. The molecule has 1 atom stereocenters. The minimum absolute atomic E-state index is 0.503. The van der Waals surface area contributed by atoms with E-state index in [1.54, 1.807) is 6.26 Å². The molecule has 1 unspecified atom stereocenters. The number of likely N-dealkylation sites (N-methyl/N-ethyl adjacent to an activating group) is 1. The summed E-state index contributed by atoms with van der Waals surface area (Å²) in [6.07, 6.45) is 4.61. The van der Waals surface area contributed by atoms with Crippen LogP contribution >= 0.6 is 0 Å². The van der Waals surface area contributed by atoms with Crippen LogP contribution in [0.2, 0.25) is 0 Å². The number of hydrogen-bond donors (Lipinski definition) is 1. The normalized spacial score (nSPS) is 12.6. The van der Waals surface area contributed by atoms with E-state index < -0.39 is 0 Å². The molecule has 0 saturated carbocycles. The van der Waals surface area contributed by atoms with Gasteiger partial charge in [0, 0.05) is 12.5 Å². The molecule has 2 rings (SSSR count). The third-order valence-corrected chi connectivity index (χ3v) is 3.33. The maximum atomic E-state index is 5.17. The van der Waals surface area contributed by atoms with Gasteiger partial charge >= 0.3 is 0 Å². The Labute approximate surface area is 109 Å². The molecule has 2 nitrogen and oxygen atoms in total. The third kappa shape index (κ3) is 3.23. The first kappa shape index (κ1) is 12.9. The highest BCUT2D eigenvalue weighted by Gasteiger charge is 2.14. The molecule has 1 heterocycles. The number of nitrogens with one attached hydrogen (secondary N) is 1. The maximum absolute atomic E-state index is 5.17. The van der Waals surface area contributed by atoms with Gasteiger partial charge in [0.15, 0.2) is 0 Å². The minimum Gasteiger partial charge on any atom is -0.472 e. The fraction of sp³-hybridized carbons (Fsp3) is 0.375. The molecule has 18 heavy (non-hydrogen) atoms. The van der Waals surface area contributed by atoms with E-state index in [9.17, 15) is 0 Å². The number of benzene rings is 1. The quantitative estimate of drug-likeness (QED) is 0.839. The van der Waals surface area contributed by atoms with Crippen LogP contribution in [0.3, 0.4) is 0 Å². The van der Waals surface area contributed by atoms with Crippen molar-refractivity contribution in [3.63, 3.8) is 0 Å². The van der Waals surface area contributed by atoms with Gasteiger partial charge in [-0.25, -0.2) is 0 Å². The van der Waals surface area contributed by atoms with Crippen LogP contribution in [0.5, 0.6) is 0 Å². The minimum atomic E-state index is 0.503. The fourth-order valence-corrected chi connectivity index (χ4v) is 2.35. The van der Waals surface area contributed by atoms with E-state index in [1.807, 2.05) is 6.26 Å². The monoisotopic (exact) mass is 243 g/mol. The van der Waals surface area contributed by atoms with Crippen LogP contribution in [0, 0.1) is 6.92 Å². The molecule has 2 aromatic rings. The van der Waals surface area contributed by atoms with E-state index in [1.165, 1.54) is 16.7 Å². The fourth-order valence-electron chi connectivity index (χ4n) is 2.35. The van der Waals surface area contributed by atoms with Gasteiger partial charge in [-0.05, 0) is 42.6 Å². The summed E-state index contributed by atoms with van der Waals surface area (Å²) in [7, 11) is 0. The molecule has 1 aromatic heterocycles. The van der Waals surface area contributed by atoms with Crippen molar-refractivity contribution in [3.05, 3.63) is 59.5 Å². The molecule has 0 saturated heterocycles. The Kier molecular flexibility index (Phi) is 4.59. The van der Waals surface area contributed by atoms with Gasteiger partial charge in [-0.1, -0.05) is 31.2 Å². The second-order valence-electron chi connectivity index (χ2n) is 4.70. The van der Waals surface area contributed by atoms with Crippen LogP contribution in [0.1, 0.15) is 29.5 Å². The highest BCUT2D eigenvalue weighted by Crippen LogP contribution is 2.23. The zero-order chi connectivity index (χ0) is 12.8. The summed E-state index contributed by atoms with van der Waals surface area (Å²) in [5, 5.41) is 3.46. The SMILES string of the molecule is CCNCC(Cc1ccoc1)c1ccccc1C. The lowest BCUT2D eigenvalue weighted by Gasteiger charge is -2.19. The first-order valence-corrected chi connectivity index (χ1v) is 6.58. The molecule has 0 aliphatic carbocycles. The predicted octanol–water partition coefficient (Wildman–Crippen LogP) is 3.52. The summed E-state index contributed by atoms with van der Waals surface area (Å²) in [5.74, 6) is 0.503. The number of aryl methyl sites for hydroxylation is 1. The summed E-state index contributed by atoms with van der Waals surface area (Å²) >= 11 is 0. The Bertz CT molecular complexity index is 462. The lowest BCUT2D eigenvalue weighted by atomic mass is 9.90. The second kappa shape index (κ2) is 6.41. The van der Waals surface area contributed by atoms with Crippen LogP contribution in [0.15, 0.2) is 47.3 Å². The molecule has 0 bridgehead atoms. The second-order valence-corrected chi connectivity index (χ2v) is 4.70. The van der Waals surface area contributed by atoms with E-state index in [4.69, 9.17) is 4.42 Å². The van der Waals surface area contributed by atoms with E-state index in [-0.39, 0.29) is 0 Å². The maximum Gasteiger partial charge on any atom is 0.0934 e. The lowest BCUT2D eigenvalue weighted by Crippen LogP contribution is -2.23. The van der Waals surface area contributed by atoms with E-state index in [0.717, 1.165) is 19.5 Å². The van der Waals surface area contributed by atoms with Crippen molar-refractivity contribution in [3.8, 4) is 0 Å². The van der Waals surface area contributed by atoms with Gasteiger partial charge in [0.1, 0.15) is 0 Å². The highest BCUT2D eigenvalue weighted by molar-refractivity contribution is 5.31. The smallest absolute Gasteiger partial charge is 0.0934 e. The van der Waals surface area contributed by atoms with Crippen molar-refractivity contribution >= 4 is 0 Å². The molecule has 0 spiro atoms. The van der Waals surface area contributed by atoms with Crippen LogP contribution in [0.4, 0.5) is 0 Å². The van der Waals surface area contributed by atoms with Gasteiger partial charge in [-0.3, -0.25) is 0 Å². The molecule has 2 heteroatoms. The number of rotatable bonds is 6. The van der Waals surface area contributed by atoms with Crippen molar-refractivity contribution < 1.29 is 4.42 Å². The summed E-state index contributed by atoms with van der Waals surface area (Å²) in [6, 6.07) is 10.7. The van der Waals surface area contributed by atoms with Gasteiger partial charge in [-0.15, -0.1) is 0 Å². The van der Waals surface area contributed by atoms with Crippen molar-refractivity contribution in [1.82, 2.24) is 5.32 Å². The lowest BCUT2D eigenvalue weighted by molar-refractivity contribution is 0.554. The Hall–Kier alpha value is -1.54. The number of furan rings is 1. The zero-order valence-corrected chi connectivity index (χ0v) is 11.1. The summed E-state index contributed by atoms with van der Waals surface area (Å²) in [6.45, 7) is 6.34. The van der Waals surface area contributed by atoms with Crippen LogP contribution < -0.4 is 5.32 Å².